The summed E-state index contributed by atoms with van der Waals surface area (Å²) < 4.78 is 32.2. The van der Waals surface area contributed by atoms with E-state index in [0.717, 1.165) is 11.1 Å². The number of sulfonamides is 1. The Balaban J connectivity index is 1.89. The minimum Gasteiger partial charge on any atom is -0.487 e. The third kappa shape index (κ3) is 4.64. The molecule has 0 N–H and O–H groups in total. The van der Waals surface area contributed by atoms with Crippen LogP contribution in [0.1, 0.15) is 11.1 Å². The third-order valence-corrected chi connectivity index (χ3v) is 5.07. The molecule has 0 saturated heterocycles. The van der Waals surface area contributed by atoms with Crippen LogP contribution in [0.3, 0.4) is 0 Å². The molecule has 4 nitrogen and oxygen atoms in total. The molecule has 3 aromatic rings. The number of nitrogens with zero attached hydrogens (tertiary/aromatic N) is 1. The van der Waals surface area contributed by atoms with Crippen molar-refractivity contribution in [2.75, 3.05) is 10.6 Å². The van der Waals surface area contributed by atoms with Crippen LogP contribution in [-0.4, -0.2) is 14.7 Å². The summed E-state index contributed by atoms with van der Waals surface area (Å²) in [7, 11) is -3.47. The number of anilines is 1. The Labute approximate surface area is 154 Å². The van der Waals surface area contributed by atoms with Crippen molar-refractivity contribution in [3.8, 4) is 5.75 Å². The van der Waals surface area contributed by atoms with Gasteiger partial charge in [0, 0.05) is 0 Å². The lowest BCUT2D eigenvalue weighted by Crippen LogP contribution is -2.29. The number of rotatable bonds is 7. The van der Waals surface area contributed by atoms with Crippen molar-refractivity contribution in [2.45, 2.75) is 13.2 Å². The molecule has 0 saturated carbocycles. The van der Waals surface area contributed by atoms with E-state index in [1.165, 1.54) is 10.6 Å². The fourth-order valence-electron chi connectivity index (χ4n) is 2.65. The fourth-order valence-corrected chi connectivity index (χ4v) is 3.54. The van der Waals surface area contributed by atoms with Crippen LogP contribution in [0.5, 0.6) is 5.75 Å². The van der Waals surface area contributed by atoms with Crippen molar-refractivity contribution in [1.29, 1.82) is 0 Å². The Kier molecular flexibility index (Phi) is 5.58. The summed E-state index contributed by atoms with van der Waals surface area (Å²) >= 11 is 0. The van der Waals surface area contributed by atoms with Gasteiger partial charge in [-0.1, -0.05) is 72.8 Å². The molecule has 0 aliphatic carbocycles. The average Bonchev–Trinajstić information content (AvgIpc) is 2.66. The van der Waals surface area contributed by atoms with E-state index in [4.69, 9.17) is 4.74 Å². The van der Waals surface area contributed by atoms with Crippen molar-refractivity contribution >= 4 is 15.7 Å². The van der Waals surface area contributed by atoms with E-state index in [2.05, 4.69) is 0 Å². The molecule has 0 aromatic heterocycles. The molecule has 3 aromatic carbocycles. The van der Waals surface area contributed by atoms with Crippen molar-refractivity contribution in [3.05, 3.63) is 96.1 Å². The second-order valence-corrected chi connectivity index (χ2v) is 7.90. The number of ether oxygens (including phenoxy) is 1. The minimum atomic E-state index is -3.47. The van der Waals surface area contributed by atoms with Gasteiger partial charge in [-0.3, -0.25) is 4.31 Å². The molecule has 0 fully saturated rings. The molecule has 0 radical (unpaired) electrons. The molecule has 0 aliphatic rings. The van der Waals surface area contributed by atoms with Gasteiger partial charge in [0.15, 0.2) is 0 Å². The number of benzene rings is 3. The Morgan fingerprint density at radius 2 is 1.31 bits per heavy atom. The van der Waals surface area contributed by atoms with Gasteiger partial charge < -0.3 is 4.74 Å². The van der Waals surface area contributed by atoms with Crippen molar-refractivity contribution in [3.63, 3.8) is 0 Å². The second-order valence-electron chi connectivity index (χ2n) is 6.00. The summed E-state index contributed by atoms with van der Waals surface area (Å²) in [5, 5.41) is 0. The zero-order valence-corrected chi connectivity index (χ0v) is 15.4. The Hall–Kier alpha value is -2.79. The first-order valence-corrected chi connectivity index (χ1v) is 10.2. The maximum Gasteiger partial charge on any atom is 0.232 e. The maximum absolute atomic E-state index is 12.4. The summed E-state index contributed by atoms with van der Waals surface area (Å²) in [6, 6.07) is 26.5. The van der Waals surface area contributed by atoms with Gasteiger partial charge in [0.05, 0.1) is 18.5 Å². The minimum absolute atomic E-state index is 0.255. The van der Waals surface area contributed by atoms with Crippen LogP contribution in [-0.2, 0) is 23.2 Å². The highest BCUT2D eigenvalue weighted by Gasteiger charge is 2.21. The van der Waals surface area contributed by atoms with Crippen LogP contribution in [0.4, 0.5) is 5.69 Å². The average molecular weight is 367 g/mol. The maximum atomic E-state index is 12.4. The smallest absolute Gasteiger partial charge is 0.232 e. The third-order valence-electron chi connectivity index (χ3n) is 3.94. The Morgan fingerprint density at radius 3 is 1.92 bits per heavy atom. The van der Waals surface area contributed by atoms with E-state index >= 15 is 0 Å². The molecular weight excluding hydrogens is 346 g/mol. The highest BCUT2D eigenvalue weighted by molar-refractivity contribution is 7.92. The molecule has 3 rings (SSSR count). The van der Waals surface area contributed by atoms with Crippen molar-refractivity contribution in [2.24, 2.45) is 0 Å². The van der Waals surface area contributed by atoms with Gasteiger partial charge in [-0.05, 0) is 23.3 Å². The van der Waals surface area contributed by atoms with E-state index in [1.807, 2.05) is 72.8 Å². The molecule has 0 amide bonds. The Bertz CT molecular complexity index is 941. The Morgan fingerprint density at radius 1 is 0.769 bits per heavy atom. The highest BCUT2D eigenvalue weighted by atomic mass is 32.2. The molecule has 5 heteroatoms. The second kappa shape index (κ2) is 8.06. The lowest BCUT2D eigenvalue weighted by Gasteiger charge is -2.25. The van der Waals surface area contributed by atoms with E-state index in [9.17, 15) is 8.42 Å². The van der Waals surface area contributed by atoms with E-state index in [-0.39, 0.29) is 6.54 Å². The molecule has 0 aliphatic heterocycles. The monoisotopic (exact) mass is 367 g/mol. The molecule has 26 heavy (non-hydrogen) atoms. The normalized spacial score (nSPS) is 11.1. The van der Waals surface area contributed by atoms with Crippen LogP contribution in [0.15, 0.2) is 84.9 Å². The molecular formula is C21H21NO3S. The van der Waals surface area contributed by atoms with Crippen LogP contribution < -0.4 is 9.04 Å². The van der Waals surface area contributed by atoms with Gasteiger partial charge in [-0.25, -0.2) is 8.42 Å². The van der Waals surface area contributed by atoms with Gasteiger partial charge in [0.2, 0.25) is 10.0 Å². The van der Waals surface area contributed by atoms with Gasteiger partial charge in [-0.15, -0.1) is 0 Å². The number of hydrogen-bond donors (Lipinski definition) is 0. The molecule has 0 bridgehead atoms. The van der Waals surface area contributed by atoms with Gasteiger partial charge in [0.1, 0.15) is 12.4 Å². The van der Waals surface area contributed by atoms with Gasteiger partial charge in [0.25, 0.3) is 0 Å². The predicted molar refractivity (Wildman–Crippen MR) is 105 cm³/mol. The van der Waals surface area contributed by atoms with Crippen molar-refractivity contribution < 1.29 is 13.2 Å². The molecule has 0 spiro atoms. The lowest BCUT2D eigenvalue weighted by molar-refractivity contribution is 0.307. The summed E-state index contributed by atoms with van der Waals surface area (Å²) in [4.78, 5) is 0. The van der Waals surface area contributed by atoms with Gasteiger partial charge >= 0.3 is 0 Å². The summed E-state index contributed by atoms with van der Waals surface area (Å²) in [5.41, 5.74) is 2.47. The van der Waals surface area contributed by atoms with E-state index < -0.39 is 10.0 Å². The summed E-state index contributed by atoms with van der Waals surface area (Å²) in [5.74, 6) is 0.540. The molecule has 0 heterocycles. The highest BCUT2D eigenvalue weighted by Crippen LogP contribution is 2.31. The number of para-hydroxylation sites is 2. The first kappa shape index (κ1) is 18.0. The van der Waals surface area contributed by atoms with Crippen LogP contribution in [0.2, 0.25) is 0 Å². The quantitative estimate of drug-likeness (QED) is 0.628. The SMILES string of the molecule is CS(=O)(=O)N(Cc1ccccc1)c1ccccc1OCc1ccccc1. The van der Waals surface area contributed by atoms with E-state index in [0.29, 0.717) is 18.0 Å². The largest absolute Gasteiger partial charge is 0.487 e. The topological polar surface area (TPSA) is 46.6 Å². The molecule has 0 atom stereocenters. The van der Waals surface area contributed by atoms with Gasteiger partial charge in [-0.2, -0.15) is 0 Å². The van der Waals surface area contributed by atoms with E-state index in [1.54, 1.807) is 12.1 Å². The predicted octanol–water partition coefficient (Wildman–Crippen LogP) is 4.23. The lowest BCUT2D eigenvalue weighted by atomic mass is 10.2. The van der Waals surface area contributed by atoms with Crippen LogP contribution in [0, 0.1) is 0 Å². The summed E-state index contributed by atoms with van der Waals surface area (Å²) in [6.07, 6.45) is 1.21. The van der Waals surface area contributed by atoms with Crippen LogP contribution in [0.25, 0.3) is 0 Å². The zero-order valence-electron chi connectivity index (χ0n) is 14.6. The molecule has 134 valence electrons. The fraction of sp³-hybridized carbons (Fsp3) is 0.143. The first-order valence-electron chi connectivity index (χ1n) is 8.31. The summed E-state index contributed by atoms with van der Waals surface area (Å²) in [6.45, 7) is 0.631. The standard InChI is InChI=1S/C21H21NO3S/c1-26(23,24)22(16-18-10-4-2-5-11-18)20-14-8-9-15-21(20)25-17-19-12-6-3-7-13-19/h2-15H,16-17H2,1H3. The number of hydrogen-bond acceptors (Lipinski definition) is 3. The molecule has 0 unspecified atom stereocenters. The zero-order chi connectivity index (χ0) is 18.4. The first-order chi connectivity index (χ1) is 12.5. The van der Waals surface area contributed by atoms with Crippen LogP contribution >= 0.6 is 0 Å². The van der Waals surface area contributed by atoms with Crippen molar-refractivity contribution in [1.82, 2.24) is 0 Å².